The van der Waals surface area contributed by atoms with Crippen molar-refractivity contribution in [2.45, 2.75) is 39.2 Å². The number of nitro groups is 1. The van der Waals surface area contributed by atoms with Crippen molar-refractivity contribution in [2.24, 2.45) is 11.8 Å². The first kappa shape index (κ1) is 14.3. The number of nitrogens with zero attached hydrogens (tertiary/aromatic N) is 3. The lowest BCUT2D eigenvalue weighted by Gasteiger charge is -2.33. The van der Waals surface area contributed by atoms with E-state index in [0.717, 1.165) is 19.3 Å². The monoisotopic (exact) mass is 274 g/mol. The third-order valence-corrected chi connectivity index (χ3v) is 3.98. The maximum atomic E-state index is 11.2. The van der Waals surface area contributed by atoms with Crippen LogP contribution in [0.1, 0.15) is 38.7 Å². The van der Waals surface area contributed by atoms with Gasteiger partial charge in [0.15, 0.2) is 0 Å². The Balaban J connectivity index is 2.26. The van der Waals surface area contributed by atoms with Gasteiger partial charge in [-0.05, 0) is 37.2 Å². The van der Waals surface area contributed by atoms with E-state index in [1.54, 1.807) is 0 Å². The van der Waals surface area contributed by atoms with Crippen molar-refractivity contribution in [2.75, 3.05) is 5.32 Å². The van der Waals surface area contributed by atoms with E-state index < -0.39 is 4.92 Å². The second-order valence-electron chi connectivity index (χ2n) is 5.57. The van der Waals surface area contributed by atoms with Gasteiger partial charge < -0.3 is 5.32 Å². The van der Waals surface area contributed by atoms with E-state index in [1.807, 2.05) is 6.07 Å². The molecule has 0 saturated heterocycles. The van der Waals surface area contributed by atoms with Crippen LogP contribution in [0.15, 0.2) is 12.3 Å². The predicted molar refractivity (Wildman–Crippen MR) is 75.2 cm³/mol. The molecule has 1 aromatic heterocycles. The second-order valence-corrected chi connectivity index (χ2v) is 5.57. The molecule has 0 amide bonds. The van der Waals surface area contributed by atoms with Crippen molar-refractivity contribution < 1.29 is 4.92 Å². The van der Waals surface area contributed by atoms with Crippen LogP contribution in [0.25, 0.3) is 0 Å². The van der Waals surface area contributed by atoms with Gasteiger partial charge in [0.25, 0.3) is 0 Å². The van der Waals surface area contributed by atoms with Crippen LogP contribution in [0.4, 0.5) is 11.5 Å². The van der Waals surface area contributed by atoms with Crippen molar-refractivity contribution in [1.82, 2.24) is 4.98 Å². The number of hydrogen-bond donors (Lipinski definition) is 1. The number of pyridine rings is 1. The minimum atomic E-state index is -0.538. The number of nitrogens with one attached hydrogen (secondary N) is 1. The molecule has 3 atom stereocenters. The normalized spacial score (nSPS) is 25.8. The summed E-state index contributed by atoms with van der Waals surface area (Å²) in [6, 6.07) is 3.39. The molecule has 1 aromatic rings. The van der Waals surface area contributed by atoms with Crippen LogP contribution in [-0.2, 0) is 0 Å². The molecule has 1 saturated carbocycles. The quantitative estimate of drug-likeness (QED) is 0.675. The summed E-state index contributed by atoms with van der Waals surface area (Å²) >= 11 is 0. The molecule has 6 heteroatoms. The van der Waals surface area contributed by atoms with Gasteiger partial charge in [-0.3, -0.25) is 10.1 Å². The number of hydrogen-bond acceptors (Lipinski definition) is 5. The zero-order valence-electron chi connectivity index (χ0n) is 11.7. The highest BCUT2D eigenvalue weighted by molar-refractivity contribution is 5.64. The van der Waals surface area contributed by atoms with Crippen molar-refractivity contribution in [3.63, 3.8) is 0 Å². The molecule has 106 valence electrons. The zero-order chi connectivity index (χ0) is 14.7. The van der Waals surface area contributed by atoms with Gasteiger partial charge in [0.2, 0.25) is 5.82 Å². The van der Waals surface area contributed by atoms with Gasteiger partial charge in [0.1, 0.15) is 11.6 Å². The molecule has 6 nitrogen and oxygen atoms in total. The Kier molecular flexibility index (Phi) is 4.18. The highest BCUT2D eigenvalue weighted by atomic mass is 16.6. The van der Waals surface area contributed by atoms with Gasteiger partial charge in [-0.15, -0.1) is 0 Å². The topological polar surface area (TPSA) is 91.8 Å². The molecular weight excluding hydrogens is 256 g/mol. The van der Waals surface area contributed by atoms with E-state index in [-0.39, 0.29) is 23.1 Å². The van der Waals surface area contributed by atoms with Crippen LogP contribution in [0.3, 0.4) is 0 Å². The Morgan fingerprint density at radius 2 is 2.25 bits per heavy atom. The standard InChI is InChI=1S/C14H18N4O2/c1-9-3-4-12(10(2)7-9)17-14-13(18(19)20)11(8-15)5-6-16-14/h5-6,9-10,12H,3-4,7H2,1-2H3,(H,16,17). The number of anilines is 1. The largest absolute Gasteiger partial charge is 0.361 e. The molecule has 1 heterocycles. The van der Waals surface area contributed by atoms with Gasteiger partial charge in [0, 0.05) is 12.2 Å². The molecule has 0 aromatic carbocycles. The SMILES string of the molecule is CC1CCC(Nc2nccc(C#N)c2[N+](=O)[O-])C(C)C1. The van der Waals surface area contributed by atoms with Crippen LogP contribution in [0.5, 0.6) is 0 Å². The molecule has 20 heavy (non-hydrogen) atoms. The lowest BCUT2D eigenvalue weighted by Crippen LogP contribution is -2.33. The summed E-state index contributed by atoms with van der Waals surface area (Å²) in [6.45, 7) is 4.37. The highest BCUT2D eigenvalue weighted by Crippen LogP contribution is 2.33. The number of aromatic nitrogens is 1. The fraction of sp³-hybridized carbons (Fsp3) is 0.571. The average Bonchev–Trinajstić information content (AvgIpc) is 2.41. The molecule has 0 radical (unpaired) electrons. The molecule has 0 spiro atoms. The van der Waals surface area contributed by atoms with E-state index in [1.165, 1.54) is 12.3 Å². The summed E-state index contributed by atoms with van der Waals surface area (Å²) in [6.07, 6.45) is 4.61. The van der Waals surface area contributed by atoms with Gasteiger partial charge in [-0.2, -0.15) is 5.26 Å². The average molecular weight is 274 g/mol. The van der Waals surface area contributed by atoms with Crippen LogP contribution < -0.4 is 5.32 Å². The Hall–Kier alpha value is -2.16. The zero-order valence-corrected chi connectivity index (χ0v) is 11.7. The third-order valence-electron chi connectivity index (χ3n) is 3.98. The molecule has 0 bridgehead atoms. The number of rotatable bonds is 3. The molecular formula is C14H18N4O2. The van der Waals surface area contributed by atoms with E-state index in [0.29, 0.717) is 11.8 Å². The van der Waals surface area contributed by atoms with E-state index >= 15 is 0 Å². The van der Waals surface area contributed by atoms with Crippen LogP contribution in [0.2, 0.25) is 0 Å². The van der Waals surface area contributed by atoms with Crippen LogP contribution in [-0.4, -0.2) is 15.9 Å². The molecule has 0 aliphatic heterocycles. The Labute approximate surface area is 118 Å². The van der Waals surface area contributed by atoms with Gasteiger partial charge in [0.05, 0.1) is 4.92 Å². The number of nitriles is 1. The lowest BCUT2D eigenvalue weighted by atomic mass is 9.80. The predicted octanol–water partition coefficient (Wildman–Crippen LogP) is 3.10. The van der Waals surface area contributed by atoms with E-state index in [2.05, 4.69) is 24.1 Å². The van der Waals surface area contributed by atoms with E-state index in [4.69, 9.17) is 5.26 Å². The summed E-state index contributed by atoms with van der Waals surface area (Å²) in [5, 5.41) is 23.3. The third kappa shape index (κ3) is 2.87. The van der Waals surface area contributed by atoms with Gasteiger partial charge in [-0.1, -0.05) is 13.8 Å². The Bertz CT molecular complexity index is 553. The molecule has 2 rings (SSSR count). The van der Waals surface area contributed by atoms with Crippen molar-refractivity contribution in [3.05, 3.63) is 27.9 Å². The minimum absolute atomic E-state index is 0.0457. The fourth-order valence-corrected chi connectivity index (χ4v) is 2.89. The highest BCUT2D eigenvalue weighted by Gasteiger charge is 2.29. The Morgan fingerprint density at radius 3 is 2.85 bits per heavy atom. The Morgan fingerprint density at radius 1 is 1.50 bits per heavy atom. The minimum Gasteiger partial charge on any atom is -0.361 e. The van der Waals surface area contributed by atoms with E-state index in [9.17, 15) is 10.1 Å². The van der Waals surface area contributed by atoms with Crippen LogP contribution >= 0.6 is 0 Å². The molecule has 1 fully saturated rings. The molecule has 1 N–H and O–H groups in total. The maximum Gasteiger partial charge on any atom is 0.328 e. The lowest BCUT2D eigenvalue weighted by molar-refractivity contribution is -0.384. The first-order valence-electron chi connectivity index (χ1n) is 6.83. The molecule has 1 aliphatic rings. The first-order valence-corrected chi connectivity index (χ1v) is 6.83. The van der Waals surface area contributed by atoms with Crippen molar-refractivity contribution in [3.8, 4) is 6.07 Å². The summed E-state index contributed by atoms with van der Waals surface area (Å²) in [7, 11) is 0. The summed E-state index contributed by atoms with van der Waals surface area (Å²) in [5.74, 6) is 1.34. The fourth-order valence-electron chi connectivity index (χ4n) is 2.89. The summed E-state index contributed by atoms with van der Waals surface area (Å²) in [4.78, 5) is 14.7. The van der Waals surface area contributed by atoms with Crippen molar-refractivity contribution in [1.29, 1.82) is 5.26 Å². The maximum absolute atomic E-state index is 11.2. The first-order chi connectivity index (χ1) is 9.52. The van der Waals surface area contributed by atoms with Gasteiger partial charge >= 0.3 is 5.69 Å². The molecule has 3 unspecified atom stereocenters. The second kappa shape index (κ2) is 5.87. The summed E-state index contributed by atoms with van der Waals surface area (Å²) in [5.41, 5.74) is -0.176. The van der Waals surface area contributed by atoms with Crippen molar-refractivity contribution >= 4 is 11.5 Å². The molecule has 1 aliphatic carbocycles. The smallest absolute Gasteiger partial charge is 0.328 e. The van der Waals surface area contributed by atoms with Gasteiger partial charge in [-0.25, -0.2) is 4.98 Å². The summed E-state index contributed by atoms with van der Waals surface area (Å²) < 4.78 is 0. The van der Waals surface area contributed by atoms with Crippen LogP contribution in [0, 0.1) is 33.3 Å².